The Hall–Kier alpha value is -1.02. The van der Waals surface area contributed by atoms with E-state index in [1.54, 1.807) is 7.11 Å². The number of methoxy groups -OCH3 is 1. The molecule has 76 valence electrons. The lowest BCUT2D eigenvalue weighted by molar-refractivity contribution is 0.112. The average Bonchev–Trinajstić information content (AvgIpc) is 2.16. The summed E-state index contributed by atoms with van der Waals surface area (Å²) < 4.78 is 5.16. The summed E-state index contributed by atoms with van der Waals surface area (Å²) in [6.07, 6.45) is 0.770. The van der Waals surface area contributed by atoms with Crippen LogP contribution in [0.15, 0.2) is 0 Å². The summed E-state index contributed by atoms with van der Waals surface area (Å²) in [6, 6.07) is 0. The smallest absolute Gasteiger partial charge is 0.151 e. The first-order valence-electron chi connectivity index (χ1n) is 4.33. The van der Waals surface area contributed by atoms with E-state index in [4.69, 9.17) is 16.3 Å². The molecule has 0 aromatic heterocycles. The molecule has 0 saturated heterocycles. The largest absolute Gasteiger partial charge is 0.495 e. The zero-order valence-corrected chi connectivity index (χ0v) is 9.53. The van der Waals surface area contributed by atoms with Gasteiger partial charge in [0.2, 0.25) is 0 Å². The van der Waals surface area contributed by atoms with Crippen molar-refractivity contribution < 1.29 is 9.53 Å². The molecule has 0 bridgehead atoms. The van der Waals surface area contributed by atoms with Crippen molar-refractivity contribution in [3.63, 3.8) is 0 Å². The molecular weight excluding hydrogens is 200 g/mol. The minimum absolute atomic E-state index is 0.406. The van der Waals surface area contributed by atoms with Crippen molar-refractivity contribution in [2.45, 2.75) is 20.8 Å². The molecule has 0 radical (unpaired) electrons. The summed E-state index contributed by atoms with van der Waals surface area (Å²) in [4.78, 5) is 10.8. The molecular formula is C11H13ClO2. The van der Waals surface area contributed by atoms with Crippen LogP contribution in [0.2, 0.25) is 5.02 Å². The molecule has 0 aliphatic heterocycles. The van der Waals surface area contributed by atoms with Crippen molar-refractivity contribution in [2.75, 3.05) is 7.11 Å². The fraction of sp³-hybridized carbons (Fsp3) is 0.364. The predicted octanol–water partition coefficient (Wildman–Crippen LogP) is 3.09. The number of carbonyl (C=O) groups excluding carboxylic acids is 1. The average molecular weight is 213 g/mol. The Morgan fingerprint density at radius 1 is 1.14 bits per heavy atom. The quantitative estimate of drug-likeness (QED) is 0.705. The van der Waals surface area contributed by atoms with Crippen LogP contribution in [0.3, 0.4) is 0 Å². The second kappa shape index (κ2) is 4.01. The van der Waals surface area contributed by atoms with Crippen molar-refractivity contribution in [1.29, 1.82) is 0 Å². The van der Waals surface area contributed by atoms with Crippen LogP contribution < -0.4 is 4.74 Å². The van der Waals surface area contributed by atoms with Gasteiger partial charge >= 0.3 is 0 Å². The number of hydrogen-bond donors (Lipinski definition) is 0. The van der Waals surface area contributed by atoms with Crippen LogP contribution >= 0.6 is 11.6 Å². The van der Waals surface area contributed by atoms with E-state index in [1.165, 1.54) is 0 Å². The zero-order chi connectivity index (χ0) is 10.9. The van der Waals surface area contributed by atoms with Crippen LogP contribution in [0.25, 0.3) is 0 Å². The van der Waals surface area contributed by atoms with Gasteiger partial charge in [-0.05, 0) is 37.5 Å². The first-order valence-corrected chi connectivity index (χ1v) is 4.70. The van der Waals surface area contributed by atoms with E-state index in [0.717, 1.165) is 23.0 Å². The van der Waals surface area contributed by atoms with E-state index in [2.05, 4.69) is 0 Å². The van der Waals surface area contributed by atoms with Crippen LogP contribution in [0.5, 0.6) is 5.75 Å². The number of ether oxygens (including phenoxy) is 1. The Balaban J connectivity index is 3.64. The van der Waals surface area contributed by atoms with Gasteiger partial charge in [0, 0.05) is 5.56 Å². The third-order valence-corrected chi connectivity index (χ3v) is 3.00. The summed E-state index contributed by atoms with van der Waals surface area (Å²) in [5.74, 6) is 0.594. The lowest BCUT2D eigenvalue weighted by Gasteiger charge is -2.14. The molecule has 0 atom stereocenters. The molecule has 0 fully saturated rings. The van der Waals surface area contributed by atoms with Gasteiger partial charge < -0.3 is 4.74 Å². The maximum Gasteiger partial charge on any atom is 0.151 e. The van der Waals surface area contributed by atoms with E-state index in [9.17, 15) is 4.79 Å². The van der Waals surface area contributed by atoms with Crippen molar-refractivity contribution >= 4 is 17.9 Å². The van der Waals surface area contributed by atoms with E-state index < -0.39 is 0 Å². The molecule has 1 rings (SSSR count). The molecule has 0 heterocycles. The molecule has 0 unspecified atom stereocenters. The molecule has 0 aliphatic rings. The number of rotatable bonds is 2. The van der Waals surface area contributed by atoms with E-state index in [0.29, 0.717) is 16.3 Å². The summed E-state index contributed by atoms with van der Waals surface area (Å²) in [7, 11) is 1.55. The second-order valence-corrected chi connectivity index (χ2v) is 3.63. The molecule has 0 amide bonds. The highest BCUT2D eigenvalue weighted by Crippen LogP contribution is 2.35. The summed E-state index contributed by atoms with van der Waals surface area (Å²) >= 11 is 6.04. The SMILES string of the molecule is COc1c(C)c(C)c(C)c(C=O)c1Cl. The highest BCUT2D eigenvalue weighted by molar-refractivity contribution is 6.34. The van der Waals surface area contributed by atoms with Gasteiger partial charge in [-0.2, -0.15) is 0 Å². The maximum absolute atomic E-state index is 10.8. The van der Waals surface area contributed by atoms with Crippen LogP contribution in [0.1, 0.15) is 27.0 Å². The van der Waals surface area contributed by atoms with E-state index in [1.807, 2.05) is 20.8 Å². The van der Waals surface area contributed by atoms with Gasteiger partial charge in [-0.15, -0.1) is 0 Å². The summed E-state index contributed by atoms with van der Waals surface area (Å²) in [5.41, 5.74) is 3.48. The van der Waals surface area contributed by atoms with Gasteiger partial charge in [0.25, 0.3) is 0 Å². The third kappa shape index (κ3) is 1.50. The molecule has 0 saturated carbocycles. The molecule has 0 spiro atoms. The first kappa shape index (κ1) is 11.1. The number of halogens is 1. The van der Waals surface area contributed by atoms with Crippen LogP contribution in [0, 0.1) is 20.8 Å². The van der Waals surface area contributed by atoms with Crippen LogP contribution in [-0.4, -0.2) is 13.4 Å². The van der Waals surface area contributed by atoms with Gasteiger partial charge in [0.1, 0.15) is 5.75 Å². The van der Waals surface area contributed by atoms with Gasteiger partial charge in [-0.1, -0.05) is 11.6 Å². The van der Waals surface area contributed by atoms with E-state index in [-0.39, 0.29) is 0 Å². The Kier molecular flexibility index (Phi) is 3.17. The lowest BCUT2D eigenvalue weighted by Crippen LogP contribution is -1.99. The fourth-order valence-corrected chi connectivity index (χ4v) is 1.89. The fourth-order valence-electron chi connectivity index (χ4n) is 1.49. The third-order valence-electron chi connectivity index (χ3n) is 2.63. The van der Waals surface area contributed by atoms with Gasteiger partial charge in [0.15, 0.2) is 6.29 Å². The van der Waals surface area contributed by atoms with Crippen LogP contribution in [-0.2, 0) is 0 Å². The Bertz CT molecular complexity index is 384. The van der Waals surface area contributed by atoms with Gasteiger partial charge in [-0.25, -0.2) is 0 Å². The molecule has 1 aromatic carbocycles. The molecule has 14 heavy (non-hydrogen) atoms. The minimum Gasteiger partial charge on any atom is -0.495 e. The molecule has 1 aromatic rings. The highest BCUT2D eigenvalue weighted by Gasteiger charge is 2.15. The number of carbonyl (C=O) groups is 1. The normalized spacial score (nSPS) is 10.1. The summed E-state index contributed by atoms with van der Waals surface area (Å²) in [6.45, 7) is 5.77. The van der Waals surface area contributed by atoms with Crippen molar-refractivity contribution in [1.82, 2.24) is 0 Å². The first-order chi connectivity index (χ1) is 6.54. The lowest BCUT2D eigenvalue weighted by atomic mass is 9.98. The second-order valence-electron chi connectivity index (χ2n) is 3.25. The number of benzene rings is 1. The topological polar surface area (TPSA) is 26.3 Å². The molecule has 2 nitrogen and oxygen atoms in total. The number of aldehydes is 1. The van der Waals surface area contributed by atoms with Gasteiger partial charge in [0.05, 0.1) is 12.1 Å². The van der Waals surface area contributed by atoms with E-state index >= 15 is 0 Å². The zero-order valence-electron chi connectivity index (χ0n) is 8.77. The summed E-state index contributed by atoms with van der Waals surface area (Å²) in [5, 5.41) is 0.406. The highest BCUT2D eigenvalue weighted by atomic mass is 35.5. The number of hydrogen-bond acceptors (Lipinski definition) is 2. The Morgan fingerprint density at radius 2 is 1.71 bits per heavy atom. The minimum atomic E-state index is 0.406. The van der Waals surface area contributed by atoms with Crippen molar-refractivity contribution in [3.8, 4) is 5.75 Å². The Morgan fingerprint density at radius 3 is 2.14 bits per heavy atom. The molecule has 0 N–H and O–H groups in total. The molecule has 3 heteroatoms. The van der Waals surface area contributed by atoms with Gasteiger partial charge in [-0.3, -0.25) is 4.79 Å². The monoisotopic (exact) mass is 212 g/mol. The predicted molar refractivity (Wildman–Crippen MR) is 57.6 cm³/mol. The maximum atomic E-state index is 10.8. The van der Waals surface area contributed by atoms with Crippen molar-refractivity contribution in [3.05, 3.63) is 27.3 Å². The standard InChI is InChI=1S/C11H13ClO2/c1-6-7(2)9(5-13)10(12)11(14-4)8(6)3/h5H,1-4H3. The Labute approximate surface area is 88.8 Å². The van der Waals surface area contributed by atoms with Crippen molar-refractivity contribution in [2.24, 2.45) is 0 Å². The van der Waals surface area contributed by atoms with Crippen LogP contribution in [0.4, 0.5) is 0 Å². The molecule has 0 aliphatic carbocycles.